The summed E-state index contributed by atoms with van der Waals surface area (Å²) >= 11 is 3.51. The molecule has 0 aliphatic heterocycles. The molecule has 1 amide bonds. The maximum atomic E-state index is 12.7. The third-order valence-corrected chi connectivity index (χ3v) is 6.09. The standard InChI is InChI=1S/C21H23BrF3N5O/c1-13-11-18(21(23,24)25)28-29(13)10-4-9-26-20(31)17-7-5-16(6-8-17)12-30-15(3)19(22)14(2)27-30/h5-8,11H,4,9-10,12H2,1-3H3,(H,26,31). The summed E-state index contributed by atoms with van der Waals surface area (Å²) in [6.07, 6.45) is -3.99. The van der Waals surface area contributed by atoms with E-state index in [9.17, 15) is 18.0 Å². The van der Waals surface area contributed by atoms with Crippen molar-refractivity contribution < 1.29 is 18.0 Å². The van der Waals surface area contributed by atoms with Gasteiger partial charge in [-0.05, 0) is 66.9 Å². The highest BCUT2D eigenvalue weighted by molar-refractivity contribution is 9.10. The first kappa shape index (κ1) is 23.1. The Morgan fingerprint density at radius 1 is 1.10 bits per heavy atom. The van der Waals surface area contributed by atoms with Gasteiger partial charge in [-0.3, -0.25) is 14.2 Å². The van der Waals surface area contributed by atoms with Crippen LogP contribution in [0.25, 0.3) is 0 Å². The van der Waals surface area contributed by atoms with Gasteiger partial charge in [0.2, 0.25) is 0 Å². The second-order valence-corrected chi connectivity index (χ2v) is 8.13. The van der Waals surface area contributed by atoms with E-state index < -0.39 is 11.9 Å². The molecule has 0 atom stereocenters. The number of hydrogen-bond donors (Lipinski definition) is 1. The highest BCUT2D eigenvalue weighted by Gasteiger charge is 2.34. The lowest BCUT2D eigenvalue weighted by Gasteiger charge is -2.08. The maximum Gasteiger partial charge on any atom is 0.435 e. The lowest BCUT2D eigenvalue weighted by molar-refractivity contribution is -0.141. The number of carbonyl (C=O) groups excluding carboxylic acids is 1. The molecule has 31 heavy (non-hydrogen) atoms. The Balaban J connectivity index is 1.50. The van der Waals surface area contributed by atoms with E-state index in [0.29, 0.717) is 37.3 Å². The Bertz CT molecular complexity index is 1070. The van der Waals surface area contributed by atoms with Crippen molar-refractivity contribution in [3.05, 3.63) is 68.7 Å². The van der Waals surface area contributed by atoms with E-state index in [-0.39, 0.29) is 5.91 Å². The molecular weight excluding hydrogens is 475 g/mol. The molecule has 2 aromatic heterocycles. The molecular formula is C21H23BrF3N5O. The SMILES string of the molecule is Cc1nn(Cc2ccc(C(=O)NCCCn3nc(C(F)(F)F)cc3C)cc2)c(C)c1Br. The molecule has 3 aromatic rings. The fraction of sp³-hybridized carbons (Fsp3) is 0.381. The third kappa shape index (κ3) is 5.55. The molecule has 0 fully saturated rings. The number of carbonyl (C=O) groups is 1. The summed E-state index contributed by atoms with van der Waals surface area (Å²) in [4.78, 5) is 12.3. The van der Waals surface area contributed by atoms with Crippen LogP contribution in [0.15, 0.2) is 34.8 Å². The molecule has 0 spiro atoms. The molecule has 166 valence electrons. The number of amides is 1. The normalized spacial score (nSPS) is 11.7. The number of alkyl halides is 3. The van der Waals surface area contributed by atoms with Crippen LogP contribution in [0.2, 0.25) is 0 Å². The van der Waals surface area contributed by atoms with Gasteiger partial charge in [0.25, 0.3) is 5.91 Å². The number of aryl methyl sites for hydroxylation is 3. The average molecular weight is 498 g/mol. The van der Waals surface area contributed by atoms with Gasteiger partial charge in [0.15, 0.2) is 5.69 Å². The molecule has 1 N–H and O–H groups in total. The molecule has 10 heteroatoms. The summed E-state index contributed by atoms with van der Waals surface area (Å²) in [5.74, 6) is -0.228. The summed E-state index contributed by atoms with van der Waals surface area (Å²) < 4.78 is 42.3. The molecule has 3 rings (SSSR count). The van der Waals surface area contributed by atoms with Crippen molar-refractivity contribution in [2.45, 2.75) is 46.5 Å². The van der Waals surface area contributed by atoms with Crippen LogP contribution in [0, 0.1) is 20.8 Å². The van der Waals surface area contributed by atoms with Gasteiger partial charge < -0.3 is 5.32 Å². The van der Waals surface area contributed by atoms with E-state index in [1.54, 1.807) is 19.1 Å². The number of halogens is 4. The van der Waals surface area contributed by atoms with Crippen molar-refractivity contribution >= 4 is 21.8 Å². The largest absolute Gasteiger partial charge is 0.435 e. The van der Waals surface area contributed by atoms with Gasteiger partial charge in [0.05, 0.1) is 22.4 Å². The predicted molar refractivity (Wildman–Crippen MR) is 114 cm³/mol. The monoisotopic (exact) mass is 497 g/mol. The summed E-state index contributed by atoms with van der Waals surface area (Å²) in [6.45, 7) is 6.72. The highest BCUT2D eigenvalue weighted by atomic mass is 79.9. The second kappa shape index (κ2) is 9.25. The fourth-order valence-corrected chi connectivity index (χ4v) is 3.46. The van der Waals surface area contributed by atoms with Crippen molar-refractivity contribution in [3.63, 3.8) is 0 Å². The van der Waals surface area contributed by atoms with E-state index in [1.165, 1.54) is 4.68 Å². The van der Waals surface area contributed by atoms with Crippen LogP contribution in [-0.4, -0.2) is 32.0 Å². The minimum atomic E-state index is -4.46. The Labute approximate surface area is 186 Å². The van der Waals surface area contributed by atoms with Crippen LogP contribution in [0.4, 0.5) is 13.2 Å². The van der Waals surface area contributed by atoms with E-state index in [1.807, 2.05) is 30.7 Å². The van der Waals surface area contributed by atoms with Crippen LogP contribution in [-0.2, 0) is 19.3 Å². The van der Waals surface area contributed by atoms with Gasteiger partial charge in [-0.15, -0.1) is 0 Å². The second-order valence-electron chi connectivity index (χ2n) is 7.34. The van der Waals surface area contributed by atoms with Gasteiger partial charge >= 0.3 is 6.18 Å². The summed E-state index contributed by atoms with van der Waals surface area (Å²) in [6, 6.07) is 8.28. The van der Waals surface area contributed by atoms with Crippen LogP contribution >= 0.6 is 15.9 Å². The van der Waals surface area contributed by atoms with Gasteiger partial charge in [0.1, 0.15) is 0 Å². The minimum Gasteiger partial charge on any atom is -0.352 e. The van der Waals surface area contributed by atoms with Crippen LogP contribution in [0.3, 0.4) is 0 Å². The molecule has 0 unspecified atom stereocenters. The zero-order valence-corrected chi connectivity index (χ0v) is 19.0. The lowest BCUT2D eigenvalue weighted by atomic mass is 10.1. The van der Waals surface area contributed by atoms with Gasteiger partial charge in [-0.1, -0.05) is 12.1 Å². The molecule has 0 radical (unpaired) electrons. The minimum absolute atomic E-state index is 0.228. The summed E-state index contributed by atoms with van der Waals surface area (Å²) in [5.41, 5.74) is 3.03. The zero-order chi connectivity index (χ0) is 22.8. The average Bonchev–Trinajstić information content (AvgIpc) is 3.20. The van der Waals surface area contributed by atoms with Crippen molar-refractivity contribution in [1.82, 2.24) is 24.9 Å². The molecule has 0 bridgehead atoms. The molecule has 0 aliphatic carbocycles. The summed E-state index contributed by atoms with van der Waals surface area (Å²) in [5, 5.41) is 10.9. The van der Waals surface area contributed by atoms with Crippen molar-refractivity contribution in [3.8, 4) is 0 Å². The van der Waals surface area contributed by atoms with Gasteiger partial charge in [-0.25, -0.2) is 0 Å². The third-order valence-electron chi connectivity index (χ3n) is 4.95. The Morgan fingerprint density at radius 3 is 2.32 bits per heavy atom. The van der Waals surface area contributed by atoms with Crippen LogP contribution in [0.1, 0.15) is 45.1 Å². The summed E-state index contributed by atoms with van der Waals surface area (Å²) in [7, 11) is 0. The Kier molecular flexibility index (Phi) is 6.88. The van der Waals surface area contributed by atoms with Crippen LogP contribution in [0.5, 0.6) is 0 Å². The van der Waals surface area contributed by atoms with Crippen LogP contribution < -0.4 is 5.32 Å². The first-order valence-electron chi connectivity index (χ1n) is 9.74. The smallest absolute Gasteiger partial charge is 0.352 e. The molecule has 2 heterocycles. The fourth-order valence-electron chi connectivity index (χ4n) is 3.17. The number of nitrogens with one attached hydrogen (secondary N) is 1. The number of nitrogens with zero attached hydrogens (tertiary/aromatic N) is 4. The number of rotatable bonds is 7. The molecule has 6 nitrogen and oxygen atoms in total. The predicted octanol–water partition coefficient (Wildman–Crippen LogP) is 4.65. The number of benzene rings is 1. The van der Waals surface area contributed by atoms with Crippen molar-refractivity contribution in [2.24, 2.45) is 0 Å². The first-order valence-corrected chi connectivity index (χ1v) is 10.5. The zero-order valence-electron chi connectivity index (χ0n) is 17.4. The first-order chi connectivity index (χ1) is 14.6. The molecule has 0 saturated carbocycles. The molecule has 0 aliphatic rings. The Hall–Kier alpha value is -2.62. The van der Waals surface area contributed by atoms with E-state index >= 15 is 0 Å². The quantitative estimate of drug-likeness (QED) is 0.483. The van der Waals surface area contributed by atoms with Crippen molar-refractivity contribution in [2.75, 3.05) is 6.54 Å². The molecule has 0 saturated heterocycles. The Morgan fingerprint density at radius 2 is 1.77 bits per heavy atom. The van der Waals surface area contributed by atoms with E-state index in [4.69, 9.17) is 0 Å². The van der Waals surface area contributed by atoms with E-state index in [2.05, 4.69) is 31.4 Å². The van der Waals surface area contributed by atoms with Gasteiger partial charge in [-0.2, -0.15) is 23.4 Å². The van der Waals surface area contributed by atoms with Gasteiger partial charge in [0, 0.05) is 24.3 Å². The highest BCUT2D eigenvalue weighted by Crippen LogP contribution is 2.28. The van der Waals surface area contributed by atoms with Crippen molar-refractivity contribution in [1.29, 1.82) is 0 Å². The van der Waals surface area contributed by atoms with E-state index in [0.717, 1.165) is 27.5 Å². The molecule has 1 aromatic carbocycles. The number of aromatic nitrogens is 4. The topological polar surface area (TPSA) is 64.7 Å². The lowest BCUT2D eigenvalue weighted by Crippen LogP contribution is -2.25. The maximum absolute atomic E-state index is 12.7. The number of hydrogen-bond acceptors (Lipinski definition) is 3.